The van der Waals surface area contributed by atoms with Crippen LogP contribution in [0.1, 0.15) is 85.5 Å². The summed E-state index contributed by atoms with van der Waals surface area (Å²) in [7, 11) is 0. The second-order valence-electron chi connectivity index (χ2n) is 17.5. The minimum atomic E-state index is -1.38. The van der Waals surface area contributed by atoms with Crippen molar-refractivity contribution >= 4 is 11.7 Å². The number of aliphatic hydroxyl groups is 3. The number of hydrogen-bond donors (Lipinski definition) is 5. The lowest BCUT2D eigenvalue weighted by molar-refractivity contribution is -0.283. The van der Waals surface area contributed by atoms with E-state index in [2.05, 4.69) is 44.4 Å². The molecule has 0 bridgehead atoms. The standard InChI is InChI=1S/C40H58N2O8/c1-22-12-17-40(47-21-22)23(2)32-30(50-40)19-29-27-11-10-24-18-26(13-15-38(24,3)28(27)14-16-39(29,32)4)48-36-33(35(45)34(44)31(20-43)49-36)42-37(46)41-25-8-6-5-7-9-25/h5-10,22-23,26-36,43-45H,11-21H2,1-4H3,(H2,41,42,46)/t22-,23?,26+,27?,28?,29?,30?,31-,32?,33-,34-,35-,36-,38+,39+,40-/m1/s1. The lowest BCUT2D eigenvalue weighted by Crippen LogP contribution is -2.65. The molecule has 1 aromatic rings. The van der Waals surface area contributed by atoms with Gasteiger partial charge in [-0.25, -0.2) is 4.79 Å². The van der Waals surface area contributed by atoms with Crippen molar-refractivity contribution in [2.24, 2.45) is 46.3 Å². The molecule has 10 heteroatoms. The van der Waals surface area contributed by atoms with Crippen molar-refractivity contribution in [1.82, 2.24) is 5.32 Å². The van der Waals surface area contributed by atoms with E-state index in [9.17, 15) is 20.1 Å². The molecular formula is C40H58N2O8. The second kappa shape index (κ2) is 13.1. The average molecular weight is 695 g/mol. The summed E-state index contributed by atoms with van der Waals surface area (Å²) in [6.07, 6.45) is 7.28. The van der Waals surface area contributed by atoms with Crippen LogP contribution < -0.4 is 10.6 Å². The number of anilines is 1. The lowest BCUT2D eigenvalue weighted by atomic mass is 9.47. The maximum absolute atomic E-state index is 13.0. The van der Waals surface area contributed by atoms with Crippen LogP contribution in [0.4, 0.5) is 10.5 Å². The highest BCUT2D eigenvalue weighted by atomic mass is 16.7. The molecule has 6 unspecified atom stereocenters. The Morgan fingerprint density at radius 3 is 2.56 bits per heavy atom. The molecule has 276 valence electrons. The Kier molecular flexibility index (Phi) is 9.18. The molecule has 1 aromatic carbocycles. The molecule has 3 saturated heterocycles. The lowest BCUT2D eigenvalue weighted by Gasteiger charge is -2.58. The third kappa shape index (κ3) is 5.67. The van der Waals surface area contributed by atoms with E-state index in [1.807, 2.05) is 18.2 Å². The molecule has 1 spiro atoms. The fourth-order valence-corrected chi connectivity index (χ4v) is 12.1. The van der Waals surface area contributed by atoms with Crippen LogP contribution in [0, 0.1) is 46.3 Å². The van der Waals surface area contributed by atoms with Crippen LogP contribution in [-0.4, -0.2) is 83.2 Å². The van der Waals surface area contributed by atoms with Crippen molar-refractivity contribution in [3.8, 4) is 0 Å². The van der Waals surface area contributed by atoms with Crippen molar-refractivity contribution in [3.05, 3.63) is 42.0 Å². The van der Waals surface area contributed by atoms with Gasteiger partial charge in [-0.2, -0.15) is 0 Å². The van der Waals surface area contributed by atoms with Gasteiger partial charge in [0.2, 0.25) is 0 Å². The number of fused-ring (bicyclic) bond motifs is 7. The molecule has 4 aliphatic carbocycles. The fraction of sp³-hybridized carbons (Fsp3) is 0.775. The van der Waals surface area contributed by atoms with E-state index in [-0.39, 0.29) is 28.8 Å². The van der Waals surface area contributed by atoms with E-state index in [0.29, 0.717) is 41.2 Å². The van der Waals surface area contributed by atoms with Gasteiger partial charge in [0.25, 0.3) is 0 Å². The maximum Gasteiger partial charge on any atom is 0.319 e. The maximum atomic E-state index is 13.0. The number of aliphatic hydroxyl groups excluding tert-OH is 3. The van der Waals surface area contributed by atoms with Crippen LogP contribution in [0.25, 0.3) is 0 Å². The molecule has 5 N–H and O–H groups in total. The summed E-state index contributed by atoms with van der Waals surface area (Å²) in [6, 6.07) is 7.45. The number of benzene rings is 1. The van der Waals surface area contributed by atoms with Gasteiger partial charge in [0.15, 0.2) is 12.1 Å². The molecule has 8 rings (SSSR count). The molecule has 3 saturated carbocycles. The van der Waals surface area contributed by atoms with Crippen molar-refractivity contribution in [3.63, 3.8) is 0 Å². The Morgan fingerprint density at radius 1 is 1.02 bits per heavy atom. The Bertz CT molecular complexity index is 1430. The topological polar surface area (TPSA) is 139 Å². The van der Waals surface area contributed by atoms with E-state index >= 15 is 0 Å². The highest BCUT2D eigenvalue weighted by Gasteiger charge is 2.68. The van der Waals surface area contributed by atoms with E-state index in [4.69, 9.17) is 18.9 Å². The van der Waals surface area contributed by atoms with Gasteiger partial charge in [-0.05, 0) is 104 Å². The van der Waals surface area contributed by atoms with E-state index < -0.39 is 43.3 Å². The number of allylic oxidation sites excluding steroid dienone is 1. The van der Waals surface area contributed by atoms with Gasteiger partial charge < -0.3 is 44.9 Å². The highest BCUT2D eigenvalue weighted by Crippen LogP contribution is 2.70. The summed E-state index contributed by atoms with van der Waals surface area (Å²) >= 11 is 0. The second-order valence-corrected chi connectivity index (χ2v) is 17.5. The SMILES string of the molecule is CC1C2C(CC3C4CC=C5C[C@@H](O[C@@H]6O[C@H](CO)[C@@H](O)[C@H](O)[C@H]6NC(=O)Nc6ccccc6)CC[C@]5(C)C4CC[C@@]32C)O[C@]12CC[C@@H](C)CO2. The molecular weight excluding hydrogens is 636 g/mol. The zero-order chi connectivity index (χ0) is 35.0. The highest BCUT2D eigenvalue weighted by molar-refractivity contribution is 5.89. The number of urea groups is 1. The average Bonchev–Trinajstić information content (AvgIpc) is 3.55. The molecule has 0 aromatic heterocycles. The Labute approximate surface area is 296 Å². The fourth-order valence-electron chi connectivity index (χ4n) is 12.1. The molecule has 7 aliphatic rings. The minimum absolute atomic E-state index is 0.0993. The van der Waals surface area contributed by atoms with Crippen LogP contribution >= 0.6 is 0 Å². The van der Waals surface area contributed by atoms with Crippen LogP contribution in [0.15, 0.2) is 42.0 Å². The number of rotatable bonds is 5. The van der Waals surface area contributed by atoms with Crippen LogP contribution in [0.5, 0.6) is 0 Å². The Hall–Kier alpha value is -2.05. The summed E-state index contributed by atoms with van der Waals surface area (Å²) in [5.41, 5.74) is 2.42. The first kappa shape index (κ1) is 35.0. The predicted octanol–water partition coefficient (Wildman–Crippen LogP) is 5.37. The van der Waals surface area contributed by atoms with Gasteiger partial charge in [-0.15, -0.1) is 0 Å². The van der Waals surface area contributed by atoms with Crippen LogP contribution in [-0.2, 0) is 18.9 Å². The van der Waals surface area contributed by atoms with Crippen molar-refractivity contribution < 1.29 is 39.1 Å². The number of para-hydroxylation sites is 1. The summed E-state index contributed by atoms with van der Waals surface area (Å²) < 4.78 is 26.1. The minimum Gasteiger partial charge on any atom is -0.394 e. The van der Waals surface area contributed by atoms with Crippen LogP contribution in [0.3, 0.4) is 0 Å². The number of amides is 2. The van der Waals surface area contributed by atoms with Gasteiger partial charge in [0.05, 0.1) is 25.4 Å². The molecule has 2 amide bonds. The molecule has 50 heavy (non-hydrogen) atoms. The Morgan fingerprint density at radius 2 is 1.82 bits per heavy atom. The summed E-state index contributed by atoms with van der Waals surface area (Å²) in [5, 5.41) is 37.2. The number of nitrogens with one attached hydrogen (secondary N) is 2. The van der Waals surface area contributed by atoms with Gasteiger partial charge in [0, 0.05) is 18.0 Å². The van der Waals surface area contributed by atoms with Crippen molar-refractivity contribution in [2.75, 3.05) is 18.5 Å². The van der Waals surface area contributed by atoms with Gasteiger partial charge in [0.1, 0.15) is 24.4 Å². The number of carbonyl (C=O) groups excluding carboxylic acids is 1. The molecule has 10 nitrogen and oxygen atoms in total. The Balaban J connectivity index is 0.954. The summed E-state index contributed by atoms with van der Waals surface area (Å²) in [4.78, 5) is 13.0. The largest absolute Gasteiger partial charge is 0.394 e. The van der Waals surface area contributed by atoms with Crippen LogP contribution in [0.2, 0.25) is 0 Å². The predicted molar refractivity (Wildman–Crippen MR) is 187 cm³/mol. The molecule has 0 radical (unpaired) electrons. The first-order valence-electron chi connectivity index (χ1n) is 19.4. The van der Waals surface area contributed by atoms with Gasteiger partial charge in [-0.1, -0.05) is 57.5 Å². The third-order valence-electron chi connectivity index (χ3n) is 14.9. The monoisotopic (exact) mass is 694 g/mol. The van der Waals surface area contributed by atoms with Gasteiger partial charge >= 0.3 is 6.03 Å². The summed E-state index contributed by atoms with van der Waals surface area (Å²) in [5.74, 6) is 3.10. The normalized spacial score (nSPS) is 49.7. The van der Waals surface area contributed by atoms with Gasteiger partial charge in [-0.3, -0.25) is 0 Å². The number of ether oxygens (including phenoxy) is 4. The smallest absolute Gasteiger partial charge is 0.319 e. The first-order valence-corrected chi connectivity index (χ1v) is 19.4. The van der Waals surface area contributed by atoms with E-state index in [1.165, 1.54) is 24.8 Å². The first-order chi connectivity index (χ1) is 24.0. The zero-order valence-corrected chi connectivity index (χ0v) is 30.1. The molecule has 3 aliphatic heterocycles. The quantitative estimate of drug-likeness (QED) is 0.260. The van der Waals surface area contributed by atoms with Crippen molar-refractivity contribution in [2.45, 2.75) is 134 Å². The number of hydrogen-bond acceptors (Lipinski definition) is 8. The third-order valence-corrected chi connectivity index (χ3v) is 14.9. The zero-order valence-electron chi connectivity index (χ0n) is 30.1. The van der Waals surface area contributed by atoms with Crippen molar-refractivity contribution in [1.29, 1.82) is 0 Å². The number of carbonyl (C=O) groups is 1. The van der Waals surface area contributed by atoms with E-state index in [0.717, 1.165) is 45.1 Å². The summed E-state index contributed by atoms with van der Waals surface area (Å²) in [6.45, 7) is 10.1. The molecule has 6 fully saturated rings. The van der Waals surface area contributed by atoms with E-state index in [1.54, 1.807) is 12.1 Å². The molecule has 16 atom stereocenters. The molecule has 3 heterocycles.